The molecule has 0 unspecified atom stereocenters. The molecule has 1 aliphatic heterocycles. The van der Waals surface area contributed by atoms with Gasteiger partial charge >= 0.3 is 5.97 Å². The Kier molecular flexibility index (Phi) is 18.0. The summed E-state index contributed by atoms with van der Waals surface area (Å²) in [6.07, 6.45) is 4.64. The summed E-state index contributed by atoms with van der Waals surface area (Å²) in [5.74, 6) is -1.90. The molecule has 0 aliphatic carbocycles. The highest BCUT2D eigenvalue weighted by molar-refractivity contribution is 7.09. The van der Waals surface area contributed by atoms with E-state index in [2.05, 4.69) is 25.8 Å². The number of likely N-dealkylation sites (tertiary alicyclic amines) is 1. The van der Waals surface area contributed by atoms with Crippen LogP contribution in [0.2, 0.25) is 0 Å². The van der Waals surface area contributed by atoms with Crippen LogP contribution in [0.4, 0.5) is 0 Å². The molecule has 4 amide bonds. The van der Waals surface area contributed by atoms with E-state index in [-0.39, 0.29) is 47.8 Å². The first-order valence-electron chi connectivity index (χ1n) is 19.2. The van der Waals surface area contributed by atoms with Crippen molar-refractivity contribution in [1.29, 1.82) is 0 Å². The highest BCUT2D eigenvalue weighted by atomic mass is 32.1. The molecular formula is C40H62N6O7S. The van der Waals surface area contributed by atoms with Crippen LogP contribution in [-0.2, 0) is 35.1 Å². The minimum Gasteiger partial charge on any atom is -0.467 e. The Morgan fingerprint density at radius 1 is 1.00 bits per heavy atom. The van der Waals surface area contributed by atoms with Gasteiger partial charge in [-0.05, 0) is 50.3 Å². The molecule has 7 atom stereocenters. The number of ether oxygens (including phenoxy) is 2. The van der Waals surface area contributed by atoms with Crippen LogP contribution < -0.4 is 16.0 Å². The summed E-state index contributed by atoms with van der Waals surface area (Å²) in [4.78, 5) is 75.5. The van der Waals surface area contributed by atoms with E-state index in [0.29, 0.717) is 24.3 Å². The fourth-order valence-electron chi connectivity index (χ4n) is 6.90. The first-order chi connectivity index (χ1) is 25.8. The van der Waals surface area contributed by atoms with Gasteiger partial charge in [-0.2, -0.15) is 0 Å². The molecule has 3 rings (SSSR count). The summed E-state index contributed by atoms with van der Waals surface area (Å²) in [5.41, 5.74) is 0.954. The van der Waals surface area contributed by atoms with E-state index in [1.807, 2.05) is 72.0 Å². The summed E-state index contributed by atoms with van der Waals surface area (Å²) < 4.78 is 10.8. The SMILES string of the molecule is CCC[C@H](NC(=O)[C@H](Cc1ccccc1)NC(=O)c1csc([C@@H](C[C@H](C(C)C)N(C)C(=O)[C@@H](NC(=O)[C@H]2CCCCN2C)[C@@H](C)CC)OC)n1)C(=O)OC. The van der Waals surface area contributed by atoms with Gasteiger partial charge in [-0.3, -0.25) is 24.1 Å². The molecule has 1 aliphatic rings. The van der Waals surface area contributed by atoms with Crippen molar-refractivity contribution in [2.75, 3.05) is 34.9 Å². The fraction of sp³-hybridized carbons (Fsp3) is 0.650. The Balaban J connectivity index is 1.78. The Morgan fingerprint density at radius 2 is 1.70 bits per heavy atom. The molecule has 1 aromatic heterocycles. The van der Waals surface area contributed by atoms with Crippen LogP contribution in [0.25, 0.3) is 0 Å². The van der Waals surface area contributed by atoms with Gasteiger partial charge in [0.2, 0.25) is 17.7 Å². The minimum atomic E-state index is -0.991. The van der Waals surface area contributed by atoms with E-state index in [9.17, 15) is 24.0 Å². The average molecular weight is 771 g/mol. The van der Waals surface area contributed by atoms with Crippen LogP contribution in [0.15, 0.2) is 35.7 Å². The lowest BCUT2D eigenvalue weighted by Gasteiger charge is -2.38. The van der Waals surface area contributed by atoms with Crippen molar-refractivity contribution < 1.29 is 33.4 Å². The number of amides is 4. The maximum Gasteiger partial charge on any atom is 0.328 e. The molecule has 2 heterocycles. The van der Waals surface area contributed by atoms with Gasteiger partial charge in [0.1, 0.15) is 34.9 Å². The number of hydrogen-bond donors (Lipinski definition) is 3. The number of carbonyl (C=O) groups is 5. The van der Waals surface area contributed by atoms with Crippen molar-refractivity contribution in [3.8, 4) is 0 Å². The number of rotatable bonds is 20. The highest BCUT2D eigenvalue weighted by Gasteiger charge is 2.37. The standard InChI is InChI=1S/C40H62N6O7S/c1-10-17-28(40(51)53-9)41-35(47)29(22-27-18-13-12-14-19-27)42-36(48)30-24-54-38(43-30)33(52-8)23-32(25(3)4)46(7)39(50)34(26(5)11-2)44-37(49)31-20-15-16-21-45(31)6/h12-14,18-19,24-26,28-29,31-34H,10-11,15-17,20-23H2,1-9H3,(H,41,47)(H,42,48)(H,44,49)/t26-,28-,29-,31+,32+,33+,34-/m0/s1. The second-order valence-corrected chi connectivity index (χ2v) is 15.6. The number of nitrogens with zero attached hydrogens (tertiary/aromatic N) is 3. The zero-order chi connectivity index (χ0) is 39.9. The quantitative estimate of drug-likeness (QED) is 0.165. The van der Waals surface area contributed by atoms with E-state index < -0.39 is 42.0 Å². The van der Waals surface area contributed by atoms with Crippen molar-refractivity contribution in [2.24, 2.45) is 11.8 Å². The molecule has 1 saturated heterocycles. The molecule has 0 spiro atoms. The summed E-state index contributed by atoms with van der Waals surface area (Å²) in [5, 5.41) is 10.9. The third-order valence-corrected chi connectivity index (χ3v) is 11.5. The predicted octanol–water partition coefficient (Wildman–Crippen LogP) is 4.52. The van der Waals surface area contributed by atoms with Crippen molar-refractivity contribution >= 4 is 40.9 Å². The first-order valence-corrected chi connectivity index (χ1v) is 20.1. The highest BCUT2D eigenvalue weighted by Crippen LogP contribution is 2.30. The lowest BCUT2D eigenvalue weighted by atomic mass is 9.92. The third kappa shape index (κ3) is 12.3. The molecule has 1 aromatic carbocycles. The van der Waals surface area contributed by atoms with Crippen LogP contribution >= 0.6 is 11.3 Å². The van der Waals surface area contributed by atoms with Gasteiger partial charge in [0.25, 0.3) is 5.91 Å². The lowest BCUT2D eigenvalue weighted by Crippen LogP contribution is -2.58. The van der Waals surface area contributed by atoms with E-state index in [1.165, 1.54) is 18.4 Å². The smallest absolute Gasteiger partial charge is 0.328 e. The molecule has 0 saturated carbocycles. The zero-order valence-corrected chi connectivity index (χ0v) is 34.4. The van der Waals surface area contributed by atoms with Crippen LogP contribution in [0, 0.1) is 11.8 Å². The van der Waals surface area contributed by atoms with Crippen LogP contribution in [-0.4, -0.2) is 109 Å². The van der Waals surface area contributed by atoms with Crippen LogP contribution in [0.5, 0.6) is 0 Å². The van der Waals surface area contributed by atoms with E-state index >= 15 is 0 Å². The van der Waals surface area contributed by atoms with Gasteiger partial charge in [-0.15, -0.1) is 11.3 Å². The molecule has 1 fully saturated rings. The normalized spacial score (nSPS) is 18.1. The zero-order valence-electron chi connectivity index (χ0n) is 33.6. The van der Waals surface area contributed by atoms with Crippen LogP contribution in [0.3, 0.4) is 0 Å². The Hall–Kier alpha value is -3.88. The Labute approximate surface area is 325 Å². The number of esters is 1. The fourth-order valence-corrected chi connectivity index (χ4v) is 7.79. The second kappa shape index (κ2) is 21.9. The van der Waals surface area contributed by atoms with Gasteiger partial charge in [-0.25, -0.2) is 9.78 Å². The molecule has 0 radical (unpaired) electrons. The maximum absolute atomic E-state index is 14.2. The summed E-state index contributed by atoms with van der Waals surface area (Å²) in [7, 11) is 6.58. The summed E-state index contributed by atoms with van der Waals surface area (Å²) in [6.45, 7) is 10.8. The number of likely N-dealkylation sites (N-methyl/N-ethyl adjacent to an activating group) is 2. The monoisotopic (exact) mass is 770 g/mol. The minimum absolute atomic E-state index is 0.0378. The Bertz CT molecular complexity index is 1520. The predicted molar refractivity (Wildman–Crippen MR) is 210 cm³/mol. The lowest BCUT2D eigenvalue weighted by molar-refractivity contribution is -0.145. The van der Waals surface area contributed by atoms with Crippen molar-refractivity contribution in [2.45, 2.75) is 122 Å². The molecule has 2 aromatic rings. The topological polar surface area (TPSA) is 159 Å². The number of benzene rings is 1. The largest absolute Gasteiger partial charge is 0.467 e. The third-order valence-electron chi connectivity index (χ3n) is 10.5. The van der Waals surface area contributed by atoms with Crippen molar-refractivity contribution in [3.05, 3.63) is 52.0 Å². The number of thiazole rings is 1. The molecular weight excluding hydrogens is 709 g/mol. The van der Waals surface area contributed by atoms with Crippen LogP contribution in [0.1, 0.15) is 107 Å². The number of aromatic nitrogens is 1. The maximum atomic E-state index is 14.2. The van der Waals surface area contributed by atoms with Crippen molar-refractivity contribution in [1.82, 2.24) is 30.7 Å². The second-order valence-electron chi connectivity index (χ2n) is 14.7. The molecule has 3 N–H and O–H groups in total. The number of carbonyl (C=O) groups excluding carboxylic acids is 5. The first kappa shape index (κ1) is 44.5. The molecule has 0 bridgehead atoms. The van der Waals surface area contributed by atoms with E-state index in [0.717, 1.165) is 37.8 Å². The number of nitrogens with one attached hydrogen (secondary N) is 3. The van der Waals surface area contributed by atoms with Gasteiger partial charge in [0, 0.05) is 38.4 Å². The summed E-state index contributed by atoms with van der Waals surface area (Å²) in [6, 6.07) is 6.27. The van der Waals surface area contributed by atoms with Gasteiger partial charge < -0.3 is 30.3 Å². The summed E-state index contributed by atoms with van der Waals surface area (Å²) >= 11 is 1.26. The van der Waals surface area contributed by atoms with Gasteiger partial charge in [-0.1, -0.05) is 84.2 Å². The van der Waals surface area contributed by atoms with Crippen molar-refractivity contribution in [3.63, 3.8) is 0 Å². The van der Waals surface area contributed by atoms with Gasteiger partial charge in [0.05, 0.1) is 13.2 Å². The average Bonchev–Trinajstić information content (AvgIpc) is 3.66. The Morgan fingerprint density at radius 3 is 2.30 bits per heavy atom. The molecule has 54 heavy (non-hydrogen) atoms. The van der Waals surface area contributed by atoms with E-state index in [1.54, 1.807) is 24.4 Å². The number of methoxy groups -OCH3 is 2. The van der Waals surface area contributed by atoms with Gasteiger partial charge in [0.15, 0.2) is 0 Å². The number of piperidine rings is 1. The molecule has 14 heteroatoms. The number of hydrogen-bond acceptors (Lipinski definition) is 10. The molecule has 300 valence electrons. The molecule has 13 nitrogen and oxygen atoms in total. The van der Waals surface area contributed by atoms with E-state index in [4.69, 9.17) is 9.47 Å².